The van der Waals surface area contributed by atoms with Crippen LogP contribution in [-0.4, -0.2) is 71.3 Å². The normalized spacial score (nSPS) is 14.7. The Kier molecular flexibility index (Phi) is 22.6. The monoisotopic (exact) mass is 1180 g/mol. The average Bonchev–Trinajstić information content (AvgIpc) is 0.936. The molecule has 0 heterocycles. The third-order valence-electron chi connectivity index (χ3n) is 13.5. The Morgan fingerprint density at radius 1 is 0.471 bits per heavy atom. The Balaban J connectivity index is 1.16. The molecule has 4 N–H and O–H groups in total. The van der Waals surface area contributed by atoms with Gasteiger partial charge in [0.25, 0.3) is 0 Å². The number of ether oxygens (including phenoxy) is 4. The van der Waals surface area contributed by atoms with Gasteiger partial charge >= 0.3 is 24.4 Å². The van der Waals surface area contributed by atoms with Crippen molar-refractivity contribution in [3.05, 3.63) is 167 Å². The lowest BCUT2D eigenvalue weighted by Gasteiger charge is -2.29. The van der Waals surface area contributed by atoms with Gasteiger partial charge in [-0.05, 0) is 230 Å². The Labute approximate surface area is 516 Å². The topological polar surface area (TPSA) is 185 Å². The summed E-state index contributed by atoms with van der Waals surface area (Å²) in [6, 6.07) is 27.4. The van der Waals surface area contributed by atoms with Crippen LogP contribution in [0.2, 0.25) is 0 Å². The van der Waals surface area contributed by atoms with Crippen LogP contribution < -0.4 is 31.1 Å². The molecule has 0 saturated heterocycles. The molecule has 0 atom stereocenters. The van der Waals surface area contributed by atoms with Gasteiger partial charge in [0.2, 0.25) is 0 Å². The molecule has 2 aliphatic rings. The second-order valence-corrected chi connectivity index (χ2v) is 26.0. The lowest BCUT2D eigenvalue weighted by molar-refractivity contribution is 0.0535. The van der Waals surface area contributed by atoms with E-state index in [4.69, 9.17) is 28.9 Å². The first-order valence-corrected chi connectivity index (χ1v) is 30.0. The zero-order valence-corrected chi connectivity index (χ0v) is 54.2. The van der Waals surface area contributed by atoms with Gasteiger partial charge < -0.3 is 29.6 Å². The highest BCUT2D eigenvalue weighted by Gasteiger charge is 2.29. The number of amides is 4. The number of para-hydroxylation sites is 2. The maximum absolute atomic E-state index is 14.2. The number of nitrogens with zero attached hydrogens (tertiary/aromatic N) is 4. The molecule has 4 aromatic carbocycles. The van der Waals surface area contributed by atoms with Crippen LogP contribution >= 0.6 is 0 Å². The van der Waals surface area contributed by atoms with E-state index < -0.39 is 46.8 Å². The second kappa shape index (κ2) is 29.2. The number of aryl methyl sites for hydroxylation is 1. The van der Waals surface area contributed by atoms with Crippen LogP contribution in [0.25, 0.3) is 0 Å². The van der Waals surface area contributed by atoms with E-state index >= 15 is 0 Å². The zero-order chi connectivity index (χ0) is 64.0. The fourth-order valence-electron chi connectivity index (χ4n) is 9.45. The minimum atomic E-state index is -0.732. The number of unbranched alkanes of at least 4 members (excludes halogenated alkanes) is 6. The maximum atomic E-state index is 14.2. The van der Waals surface area contributed by atoms with Gasteiger partial charge in [-0.3, -0.25) is 20.4 Å². The number of alkyl carbamates (subject to hydrolysis) is 2. The first-order chi connectivity index (χ1) is 40.7. The van der Waals surface area contributed by atoms with Gasteiger partial charge in [0.15, 0.2) is 0 Å². The highest BCUT2D eigenvalue weighted by Crippen LogP contribution is 2.41. The Hall–Kier alpha value is -8.66. The largest absolute Gasteiger partial charge is 0.444 e. The van der Waals surface area contributed by atoms with Crippen molar-refractivity contribution in [2.75, 3.05) is 33.5 Å². The first-order valence-electron chi connectivity index (χ1n) is 30.0. The molecule has 16 heteroatoms. The molecule has 0 fully saturated rings. The summed E-state index contributed by atoms with van der Waals surface area (Å²) in [7, 11) is 0. The summed E-state index contributed by atoms with van der Waals surface area (Å²) in [5.74, 6) is 0. The Morgan fingerprint density at radius 2 is 0.874 bits per heavy atom. The molecule has 0 bridgehead atoms. The highest BCUT2D eigenvalue weighted by molar-refractivity contribution is 6.15. The standard InChI is InChI=1S/C71H92N8O8/c1-46-42-57(76-64(80)84-68(7,8)9)48(3)40-55(46)74-54-36-37-61(51(6)63(54)73-53-34-28-25-29-35-53)78(66(82)86-70(13,14)15)38-30-22-20-19-21-23-31-39-79(67(83)87-71(16,17)18)62-45-60(72-52-32-26-24-27-33-52)59(44-50(62)5)75-56-41-49(4)58(43-47(56)2)77-65(81)85-69(10,11)12/h24-29,32-37,40-45,72-73H,1-2,19-23,30-31,38-39H2,3-18H3,(H,76,80)(H,77,81)/b74-55-,75-56-. The average molecular weight is 1190 g/mol. The van der Waals surface area contributed by atoms with E-state index in [-0.39, 0.29) is 0 Å². The summed E-state index contributed by atoms with van der Waals surface area (Å²) in [5.41, 5.74) is 9.80. The quantitative estimate of drug-likeness (QED) is 0.0490. The van der Waals surface area contributed by atoms with Gasteiger partial charge in [-0.25, -0.2) is 29.2 Å². The van der Waals surface area contributed by atoms with Crippen LogP contribution in [0.3, 0.4) is 0 Å². The van der Waals surface area contributed by atoms with Gasteiger partial charge in [0.05, 0.1) is 45.5 Å². The number of hydrogen-bond donors (Lipinski definition) is 4. The van der Waals surface area contributed by atoms with E-state index in [1.807, 2.05) is 208 Å². The number of hydrogen-bond acceptors (Lipinski definition) is 12. The Bertz CT molecular complexity index is 3250. The number of rotatable bonds is 20. The molecular formula is C71H92N8O8. The number of carbonyl (C=O) groups is 4. The number of aliphatic imine (C=N–C) groups is 2. The summed E-state index contributed by atoms with van der Waals surface area (Å²) < 4.78 is 23.1. The lowest BCUT2D eigenvalue weighted by atomic mass is 9.99. The van der Waals surface area contributed by atoms with Crippen molar-refractivity contribution in [3.63, 3.8) is 0 Å². The SMILES string of the molecule is C=C1C=C(NC(=O)OC(C)(C)C)C(C)=C/C1=N/c1cc(C)c(N(CCCCCCCCCN(C(=O)OC(C)(C)C)c2ccc(/N=C3/C=C(C)C(NC(=O)OC(C)(C)C)=CC3=C)c(Nc3ccccc3)c2C)C(=O)OC(C)(C)C)cc1Nc1ccccc1. The molecule has 0 aliphatic heterocycles. The van der Waals surface area contributed by atoms with Gasteiger partial charge in [-0.1, -0.05) is 81.7 Å². The molecule has 87 heavy (non-hydrogen) atoms. The zero-order valence-electron chi connectivity index (χ0n) is 54.2. The molecule has 0 radical (unpaired) electrons. The van der Waals surface area contributed by atoms with Crippen molar-refractivity contribution in [1.82, 2.24) is 10.6 Å². The molecule has 0 unspecified atom stereocenters. The molecule has 4 amide bonds. The molecule has 6 rings (SSSR count). The van der Waals surface area contributed by atoms with Crippen LogP contribution in [0.5, 0.6) is 0 Å². The highest BCUT2D eigenvalue weighted by atomic mass is 16.6. The van der Waals surface area contributed by atoms with E-state index in [1.165, 1.54) is 0 Å². The van der Waals surface area contributed by atoms with Gasteiger partial charge in [-0.2, -0.15) is 0 Å². The fourth-order valence-corrected chi connectivity index (χ4v) is 9.45. The van der Waals surface area contributed by atoms with Gasteiger partial charge in [0, 0.05) is 35.9 Å². The summed E-state index contributed by atoms with van der Waals surface area (Å²) in [6.45, 7) is 39.2. The molecule has 0 aromatic heterocycles. The van der Waals surface area contributed by atoms with E-state index in [0.29, 0.717) is 75.5 Å². The van der Waals surface area contributed by atoms with E-state index in [0.717, 1.165) is 84.3 Å². The molecule has 2 aliphatic carbocycles. The molecule has 0 saturated carbocycles. The number of anilines is 6. The number of nitrogens with one attached hydrogen (secondary N) is 4. The molecule has 16 nitrogen and oxygen atoms in total. The van der Waals surface area contributed by atoms with Crippen LogP contribution in [0.15, 0.2) is 166 Å². The van der Waals surface area contributed by atoms with Crippen molar-refractivity contribution in [2.24, 2.45) is 9.98 Å². The van der Waals surface area contributed by atoms with E-state index in [9.17, 15) is 19.2 Å². The third-order valence-corrected chi connectivity index (χ3v) is 13.5. The predicted octanol–water partition coefficient (Wildman–Crippen LogP) is 18.7. The minimum Gasteiger partial charge on any atom is -0.444 e. The van der Waals surface area contributed by atoms with Crippen LogP contribution in [0.1, 0.15) is 153 Å². The Morgan fingerprint density at radius 3 is 1.31 bits per heavy atom. The van der Waals surface area contributed by atoms with Gasteiger partial charge in [0.1, 0.15) is 22.4 Å². The molecule has 4 aromatic rings. The fraction of sp³-hybridized carbons (Fsp3) is 0.408. The number of allylic oxidation sites excluding steroid dienone is 8. The van der Waals surface area contributed by atoms with Crippen molar-refractivity contribution in [2.45, 2.75) is 178 Å². The lowest BCUT2D eigenvalue weighted by Crippen LogP contribution is -2.38. The van der Waals surface area contributed by atoms with Crippen molar-refractivity contribution >= 4 is 81.3 Å². The molecule has 464 valence electrons. The van der Waals surface area contributed by atoms with Crippen LogP contribution in [0, 0.1) is 13.8 Å². The predicted molar refractivity (Wildman–Crippen MR) is 356 cm³/mol. The number of carbonyl (C=O) groups excluding carboxylic acids is 4. The van der Waals surface area contributed by atoms with Crippen molar-refractivity contribution in [3.8, 4) is 0 Å². The summed E-state index contributed by atoms with van der Waals surface area (Å²) in [5, 5.41) is 12.8. The van der Waals surface area contributed by atoms with Crippen molar-refractivity contribution < 1.29 is 38.1 Å². The van der Waals surface area contributed by atoms with Gasteiger partial charge in [-0.15, -0.1) is 0 Å². The summed E-state index contributed by atoms with van der Waals surface area (Å²) >= 11 is 0. The smallest absolute Gasteiger partial charge is 0.414 e. The summed E-state index contributed by atoms with van der Waals surface area (Å²) in [4.78, 5) is 67.4. The minimum absolute atomic E-state index is 0.429. The first kappa shape index (κ1) is 67.5. The number of benzene rings is 4. The second-order valence-electron chi connectivity index (χ2n) is 26.0. The van der Waals surface area contributed by atoms with Crippen LogP contribution in [0.4, 0.5) is 64.7 Å². The van der Waals surface area contributed by atoms with E-state index in [2.05, 4.69) is 34.4 Å². The van der Waals surface area contributed by atoms with E-state index in [1.54, 1.807) is 22.0 Å². The molecule has 0 spiro atoms. The maximum Gasteiger partial charge on any atom is 0.414 e. The van der Waals surface area contributed by atoms with Crippen LogP contribution in [-0.2, 0) is 18.9 Å². The van der Waals surface area contributed by atoms with Crippen molar-refractivity contribution in [1.29, 1.82) is 0 Å². The molecular weight excluding hydrogens is 1090 g/mol. The third kappa shape index (κ3) is 21.1. The summed E-state index contributed by atoms with van der Waals surface area (Å²) in [6.07, 6.45) is 11.4.